The van der Waals surface area contributed by atoms with Crippen molar-refractivity contribution in [1.29, 1.82) is 0 Å². The van der Waals surface area contributed by atoms with Crippen LogP contribution in [0.15, 0.2) is 51.0 Å². The maximum Gasteiger partial charge on any atom is 0.289 e. The number of rotatable bonds is 2. The largest absolute Gasteiger partial charge is 0.451 e. The molecule has 1 amide bonds. The summed E-state index contributed by atoms with van der Waals surface area (Å²) in [6.07, 6.45) is 1.09. The molecule has 0 bridgehead atoms. The van der Waals surface area contributed by atoms with E-state index in [0.29, 0.717) is 30.1 Å². The number of benzene rings is 1. The van der Waals surface area contributed by atoms with Gasteiger partial charge in [0, 0.05) is 43.2 Å². The Kier molecular flexibility index (Phi) is 3.69. The van der Waals surface area contributed by atoms with Crippen molar-refractivity contribution >= 4 is 28.2 Å². The molecule has 26 heavy (non-hydrogen) atoms. The van der Waals surface area contributed by atoms with Gasteiger partial charge < -0.3 is 9.32 Å². The normalized spacial score (nSPS) is 17.9. The van der Waals surface area contributed by atoms with E-state index in [9.17, 15) is 9.59 Å². The van der Waals surface area contributed by atoms with Crippen LogP contribution in [0.1, 0.15) is 21.0 Å². The van der Waals surface area contributed by atoms with Crippen molar-refractivity contribution in [2.24, 2.45) is 0 Å². The number of fused-ring (bicyclic) bond motifs is 2. The average Bonchev–Trinajstić information content (AvgIpc) is 3.08. The zero-order valence-corrected chi connectivity index (χ0v) is 15.0. The zero-order valence-electron chi connectivity index (χ0n) is 14.2. The highest BCUT2D eigenvalue weighted by Gasteiger charge is 2.37. The second kappa shape index (κ2) is 6.07. The molecule has 3 aromatic rings. The van der Waals surface area contributed by atoms with Gasteiger partial charge in [0.25, 0.3) is 5.91 Å². The van der Waals surface area contributed by atoms with Crippen molar-refractivity contribution in [3.8, 4) is 0 Å². The van der Waals surface area contributed by atoms with Gasteiger partial charge in [0.05, 0.1) is 5.39 Å². The van der Waals surface area contributed by atoms with Gasteiger partial charge in [-0.15, -0.1) is 11.3 Å². The van der Waals surface area contributed by atoms with Crippen molar-refractivity contribution < 1.29 is 9.21 Å². The molecule has 0 aliphatic carbocycles. The summed E-state index contributed by atoms with van der Waals surface area (Å²) in [7, 11) is 0. The summed E-state index contributed by atoms with van der Waals surface area (Å²) >= 11 is 1.84. The Morgan fingerprint density at radius 3 is 2.92 bits per heavy atom. The number of likely N-dealkylation sites (tertiary alicyclic amines) is 1. The van der Waals surface area contributed by atoms with Crippen molar-refractivity contribution in [3.63, 3.8) is 0 Å². The van der Waals surface area contributed by atoms with Gasteiger partial charge in [-0.3, -0.25) is 14.5 Å². The minimum absolute atomic E-state index is 0.130. The highest BCUT2D eigenvalue weighted by atomic mass is 32.1. The molecule has 0 unspecified atom stereocenters. The first-order valence-corrected chi connectivity index (χ1v) is 9.68. The van der Waals surface area contributed by atoms with Crippen LogP contribution in [0.5, 0.6) is 0 Å². The number of carbonyl (C=O) groups is 1. The fourth-order valence-corrected chi connectivity index (χ4v) is 4.69. The molecular formula is C20H18N2O3S. The van der Waals surface area contributed by atoms with Gasteiger partial charge in [0.15, 0.2) is 11.2 Å². The highest BCUT2D eigenvalue weighted by Crippen LogP contribution is 2.28. The topological polar surface area (TPSA) is 53.8 Å². The number of nitrogens with zero attached hydrogens (tertiary/aromatic N) is 2. The summed E-state index contributed by atoms with van der Waals surface area (Å²) in [6.45, 7) is 3.39. The first-order chi connectivity index (χ1) is 12.7. The highest BCUT2D eigenvalue weighted by molar-refractivity contribution is 7.10. The first kappa shape index (κ1) is 15.8. The van der Waals surface area contributed by atoms with E-state index >= 15 is 0 Å². The Morgan fingerprint density at radius 2 is 2.04 bits per heavy atom. The van der Waals surface area contributed by atoms with Crippen LogP contribution in [0, 0.1) is 0 Å². The minimum atomic E-state index is -0.197. The Hall–Kier alpha value is -2.44. The van der Waals surface area contributed by atoms with Gasteiger partial charge in [-0.05, 0) is 35.6 Å². The third-order valence-corrected chi connectivity index (χ3v) is 6.37. The molecule has 1 fully saturated rings. The number of carbonyl (C=O) groups excluding carboxylic acids is 1. The SMILES string of the molecule is O=C(c1cc(=O)c2ccccc2o1)N1CC(N2CCc3sccc3C2)C1. The van der Waals surface area contributed by atoms with Gasteiger partial charge in [-0.25, -0.2) is 0 Å². The van der Waals surface area contributed by atoms with Gasteiger partial charge in [-0.2, -0.15) is 0 Å². The molecule has 6 heteroatoms. The molecule has 0 radical (unpaired) electrons. The van der Waals surface area contributed by atoms with Crippen LogP contribution in [0.4, 0.5) is 0 Å². The summed E-state index contributed by atoms with van der Waals surface area (Å²) in [4.78, 5) is 30.6. The predicted molar refractivity (Wildman–Crippen MR) is 101 cm³/mol. The van der Waals surface area contributed by atoms with Crippen molar-refractivity contribution in [2.75, 3.05) is 19.6 Å². The molecule has 2 aliphatic heterocycles. The molecule has 0 atom stereocenters. The fraction of sp³-hybridized carbons (Fsp3) is 0.300. The van der Waals surface area contributed by atoms with Crippen LogP contribution < -0.4 is 5.43 Å². The quantitative estimate of drug-likeness (QED) is 0.700. The van der Waals surface area contributed by atoms with E-state index in [2.05, 4.69) is 16.3 Å². The van der Waals surface area contributed by atoms with Crippen LogP contribution in [0.25, 0.3) is 11.0 Å². The molecule has 2 aliphatic rings. The van der Waals surface area contributed by atoms with Crippen LogP contribution >= 0.6 is 11.3 Å². The lowest BCUT2D eigenvalue weighted by atomic mass is 10.0. The average molecular weight is 366 g/mol. The molecule has 2 aromatic heterocycles. The van der Waals surface area contributed by atoms with E-state index in [1.165, 1.54) is 16.5 Å². The molecule has 132 valence electrons. The van der Waals surface area contributed by atoms with Gasteiger partial charge in [-0.1, -0.05) is 12.1 Å². The second-order valence-corrected chi connectivity index (χ2v) is 7.93. The van der Waals surface area contributed by atoms with E-state index in [1.54, 1.807) is 29.2 Å². The zero-order chi connectivity index (χ0) is 17.7. The van der Waals surface area contributed by atoms with Crippen molar-refractivity contribution in [3.05, 3.63) is 68.2 Å². The van der Waals surface area contributed by atoms with Crippen LogP contribution in [0.2, 0.25) is 0 Å². The summed E-state index contributed by atoms with van der Waals surface area (Å²) in [5.74, 6) is -0.0664. The fourth-order valence-electron chi connectivity index (χ4n) is 3.80. The monoisotopic (exact) mass is 366 g/mol. The number of hydrogen-bond donors (Lipinski definition) is 0. The molecule has 1 saturated heterocycles. The minimum Gasteiger partial charge on any atom is -0.451 e. The summed E-state index contributed by atoms with van der Waals surface area (Å²) in [5, 5.41) is 2.66. The van der Waals surface area contributed by atoms with E-state index in [4.69, 9.17) is 4.42 Å². The van der Waals surface area contributed by atoms with E-state index in [-0.39, 0.29) is 17.1 Å². The third-order valence-electron chi connectivity index (χ3n) is 5.35. The lowest BCUT2D eigenvalue weighted by molar-refractivity contribution is 0.0198. The number of para-hydroxylation sites is 1. The van der Waals surface area contributed by atoms with Crippen molar-refractivity contribution in [1.82, 2.24) is 9.80 Å². The molecule has 0 N–H and O–H groups in total. The maximum absolute atomic E-state index is 12.7. The molecular weight excluding hydrogens is 348 g/mol. The van der Waals surface area contributed by atoms with Gasteiger partial charge in [0.2, 0.25) is 0 Å². The van der Waals surface area contributed by atoms with Crippen LogP contribution in [-0.4, -0.2) is 41.4 Å². The Labute approximate surface area is 154 Å². The van der Waals surface area contributed by atoms with E-state index < -0.39 is 0 Å². The molecule has 5 rings (SSSR count). The molecule has 0 saturated carbocycles. The summed E-state index contributed by atoms with van der Waals surface area (Å²) < 4.78 is 5.67. The van der Waals surface area contributed by atoms with Gasteiger partial charge in [0.1, 0.15) is 5.58 Å². The number of amides is 1. The van der Waals surface area contributed by atoms with E-state index in [1.807, 2.05) is 11.3 Å². The molecule has 5 nitrogen and oxygen atoms in total. The lowest BCUT2D eigenvalue weighted by Gasteiger charge is -2.46. The smallest absolute Gasteiger partial charge is 0.289 e. The Balaban J connectivity index is 1.29. The first-order valence-electron chi connectivity index (χ1n) is 8.80. The van der Waals surface area contributed by atoms with Crippen LogP contribution in [-0.2, 0) is 13.0 Å². The second-order valence-electron chi connectivity index (χ2n) is 6.92. The van der Waals surface area contributed by atoms with E-state index in [0.717, 1.165) is 19.5 Å². The number of hydrogen-bond acceptors (Lipinski definition) is 5. The van der Waals surface area contributed by atoms with Crippen molar-refractivity contribution in [2.45, 2.75) is 19.0 Å². The molecule has 4 heterocycles. The lowest BCUT2D eigenvalue weighted by Crippen LogP contribution is -2.61. The predicted octanol–water partition coefficient (Wildman–Crippen LogP) is 2.74. The number of thiophene rings is 1. The molecule has 0 spiro atoms. The summed E-state index contributed by atoms with van der Waals surface area (Å²) in [6, 6.07) is 10.9. The Bertz CT molecular complexity index is 1050. The third kappa shape index (κ3) is 2.57. The summed E-state index contributed by atoms with van der Waals surface area (Å²) in [5.41, 5.74) is 1.71. The standard InChI is InChI=1S/C20H18N2O3S/c23-16-9-18(25-17-4-2-1-3-15(16)17)20(24)22-11-14(12-22)21-7-5-19-13(10-21)6-8-26-19/h1-4,6,8-9,14H,5,7,10-12H2. The Morgan fingerprint density at radius 1 is 1.19 bits per heavy atom. The maximum atomic E-state index is 12.7. The molecule has 1 aromatic carbocycles. The van der Waals surface area contributed by atoms with Crippen LogP contribution in [0.3, 0.4) is 0 Å². The van der Waals surface area contributed by atoms with Gasteiger partial charge >= 0.3 is 0 Å².